The number of hydrogen-bond donors (Lipinski definition) is 4. The molecule has 2 spiro atoms. The molecular formula is C46H76N6O7S. The smallest absolute Gasteiger partial charge is 0.259 e. The SMILES string of the molecule is CCCC1(S(=O)(=O)NC(=O)[C@@]2(NC(=O)[C@@H]3C[C@@]4(CN3C(=O)[C@@H](NC(=O)[C@@H](NC(=O)[C@@H]3CCCCN3CC)C3CCCCC3)C(C)(C)C)C(C)(C)C43CCC3)C[C@H]2CC)CC1. The first-order chi connectivity index (χ1) is 28.2. The monoisotopic (exact) mass is 857 g/mol. The van der Waals surface area contributed by atoms with Gasteiger partial charge in [0.15, 0.2) is 0 Å². The number of likely N-dealkylation sites (tertiary alicyclic amines) is 2. The molecule has 7 atom stereocenters. The number of rotatable bonds is 15. The highest BCUT2D eigenvalue weighted by atomic mass is 32.2. The first-order valence-corrected chi connectivity index (χ1v) is 25.2. The van der Waals surface area contributed by atoms with Gasteiger partial charge in [0.25, 0.3) is 5.91 Å². The van der Waals surface area contributed by atoms with Crippen LogP contribution in [0.5, 0.6) is 0 Å². The first-order valence-electron chi connectivity index (χ1n) is 23.7. The van der Waals surface area contributed by atoms with Gasteiger partial charge in [0.2, 0.25) is 33.7 Å². The topological polar surface area (TPSA) is 174 Å². The van der Waals surface area contributed by atoms with Crippen molar-refractivity contribution in [3.63, 3.8) is 0 Å². The third kappa shape index (κ3) is 7.40. The second-order valence-corrected chi connectivity index (χ2v) is 23.9. The molecule has 14 heteroatoms. The number of nitrogens with zero attached hydrogens (tertiary/aromatic N) is 2. The number of likely N-dealkylation sites (N-methyl/N-ethyl adjacent to an activating group) is 1. The second kappa shape index (κ2) is 16.1. The maximum Gasteiger partial charge on any atom is 0.259 e. The predicted octanol–water partition coefficient (Wildman–Crippen LogP) is 5.32. The molecule has 0 aromatic rings. The van der Waals surface area contributed by atoms with E-state index in [4.69, 9.17) is 0 Å². The van der Waals surface area contributed by atoms with Crippen molar-refractivity contribution in [2.45, 2.75) is 205 Å². The van der Waals surface area contributed by atoms with Crippen molar-refractivity contribution in [2.24, 2.45) is 33.5 Å². The summed E-state index contributed by atoms with van der Waals surface area (Å²) in [5, 5.41) is 9.44. The molecule has 2 heterocycles. The summed E-state index contributed by atoms with van der Waals surface area (Å²) in [5.74, 6) is -2.27. The Bertz CT molecular complexity index is 1810. The van der Waals surface area contributed by atoms with Crippen LogP contribution in [0.25, 0.3) is 0 Å². The van der Waals surface area contributed by atoms with Gasteiger partial charge in [-0.2, -0.15) is 0 Å². The van der Waals surface area contributed by atoms with Gasteiger partial charge in [-0.05, 0) is 112 Å². The fourth-order valence-electron chi connectivity index (χ4n) is 13.1. The molecule has 2 aliphatic heterocycles. The van der Waals surface area contributed by atoms with E-state index in [1.54, 1.807) is 4.90 Å². The van der Waals surface area contributed by atoms with E-state index in [0.717, 1.165) is 83.7 Å². The molecule has 60 heavy (non-hydrogen) atoms. The largest absolute Gasteiger partial charge is 0.343 e. The van der Waals surface area contributed by atoms with E-state index in [1.807, 2.05) is 34.6 Å². The van der Waals surface area contributed by atoms with Gasteiger partial charge in [0, 0.05) is 12.0 Å². The molecule has 5 aliphatic carbocycles. The maximum absolute atomic E-state index is 15.3. The van der Waals surface area contributed by atoms with E-state index in [9.17, 15) is 27.6 Å². The fraction of sp³-hybridized carbons (Fsp3) is 0.891. The van der Waals surface area contributed by atoms with Crippen LogP contribution in [0.3, 0.4) is 0 Å². The Hall–Kier alpha value is -2.74. The van der Waals surface area contributed by atoms with E-state index in [-0.39, 0.29) is 51.8 Å². The number of carbonyl (C=O) groups excluding carboxylic acids is 5. The van der Waals surface area contributed by atoms with E-state index in [0.29, 0.717) is 51.5 Å². The van der Waals surface area contributed by atoms with Gasteiger partial charge in [-0.15, -0.1) is 0 Å². The second-order valence-electron chi connectivity index (χ2n) is 21.8. The normalized spacial score (nSPS) is 32.7. The number of nitrogens with one attached hydrogen (secondary N) is 4. The third-order valence-corrected chi connectivity index (χ3v) is 19.7. The van der Waals surface area contributed by atoms with Crippen LogP contribution in [0.15, 0.2) is 0 Å². The lowest BCUT2D eigenvalue weighted by molar-refractivity contribution is -0.145. The number of carbonyl (C=O) groups is 5. The maximum atomic E-state index is 15.3. The summed E-state index contributed by atoms with van der Waals surface area (Å²) in [5.41, 5.74) is -2.56. The van der Waals surface area contributed by atoms with Crippen molar-refractivity contribution >= 4 is 39.6 Å². The van der Waals surface area contributed by atoms with E-state index in [2.05, 4.69) is 46.3 Å². The molecule has 0 unspecified atom stereocenters. The van der Waals surface area contributed by atoms with Crippen molar-refractivity contribution in [1.82, 2.24) is 30.5 Å². The Kier molecular flexibility index (Phi) is 12.2. The minimum Gasteiger partial charge on any atom is -0.343 e. The Balaban J connectivity index is 1.15. The number of fused-ring (bicyclic) bond motifs is 1. The zero-order valence-corrected chi connectivity index (χ0v) is 38.8. The van der Waals surface area contributed by atoms with Crippen LogP contribution < -0.4 is 20.7 Å². The summed E-state index contributed by atoms with van der Waals surface area (Å²) in [6.45, 7) is 18.2. The molecule has 13 nitrogen and oxygen atoms in total. The molecule has 5 saturated carbocycles. The zero-order valence-electron chi connectivity index (χ0n) is 38.0. The molecule has 2 saturated heterocycles. The molecule has 0 aromatic heterocycles. The average Bonchev–Trinajstić information content (AvgIpc) is 4.13. The molecular weight excluding hydrogens is 781 g/mol. The molecule has 7 aliphatic rings. The van der Waals surface area contributed by atoms with E-state index < -0.39 is 55.7 Å². The Labute approximate surface area is 359 Å². The third-order valence-electron chi connectivity index (χ3n) is 17.5. The van der Waals surface area contributed by atoms with Gasteiger partial charge in [-0.1, -0.05) is 100 Å². The van der Waals surface area contributed by atoms with Gasteiger partial charge in [0.1, 0.15) is 23.7 Å². The number of sulfonamides is 1. The molecule has 0 bridgehead atoms. The van der Waals surface area contributed by atoms with Crippen molar-refractivity contribution < 1.29 is 32.4 Å². The van der Waals surface area contributed by atoms with Crippen LogP contribution in [-0.2, 0) is 34.0 Å². The minimum absolute atomic E-state index is 0.00240. The summed E-state index contributed by atoms with van der Waals surface area (Å²) < 4.78 is 28.6. The molecule has 5 amide bonds. The van der Waals surface area contributed by atoms with Gasteiger partial charge >= 0.3 is 0 Å². The standard InChI is InChI=1S/C46H76N6O7S/c1-9-21-43(24-25-43)60(58,59)50-40(57)46(27-31(46)10-2)49-37(54)33-28-45(42(7,8)44(45)22-17-23-44)29-52(33)39(56)35(41(4,5)6)48-38(55)34(30-18-13-12-14-19-30)47-36(53)32-20-15-16-26-51(32)11-3/h30-35H,9-29H2,1-8H3,(H,47,53)(H,48,55)(H,49,54)(H,50,57)/t31-,32+,33+,34+,35-,45-,46-/m1/s1. The van der Waals surface area contributed by atoms with Crippen molar-refractivity contribution in [3.8, 4) is 0 Å². The van der Waals surface area contributed by atoms with Crippen molar-refractivity contribution in [3.05, 3.63) is 0 Å². The van der Waals surface area contributed by atoms with Crippen LogP contribution >= 0.6 is 0 Å². The van der Waals surface area contributed by atoms with Crippen LogP contribution in [0, 0.1) is 33.5 Å². The molecule has 4 N–H and O–H groups in total. The lowest BCUT2D eigenvalue weighted by Crippen LogP contribution is -2.63. The highest BCUT2D eigenvalue weighted by Crippen LogP contribution is 2.88. The van der Waals surface area contributed by atoms with Crippen LogP contribution in [0.1, 0.15) is 171 Å². The van der Waals surface area contributed by atoms with Gasteiger partial charge in [-0.25, -0.2) is 8.42 Å². The van der Waals surface area contributed by atoms with Crippen molar-refractivity contribution in [2.75, 3.05) is 19.6 Å². The van der Waals surface area contributed by atoms with E-state index in [1.165, 1.54) is 0 Å². The predicted molar refractivity (Wildman–Crippen MR) is 231 cm³/mol. The Morgan fingerprint density at radius 2 is 1.45 bits per heavy atom. The first kappa shape index (κ1) is 45.3. The van der Waals surface area contributed by atoms with Gasteiger partial charge < -0.3 is 20.9 Å². The summed E-state index contributed by atoms with van der Waals surface area (Å²) in [4.78, 5) is 76.8. The number of piperidine rings is 1. The van der Waals surface area contributed by atoms with Crippen LogP contribution in [-0.4, -0.2) is 102 Å². The quantitative estimate of drug-likeness (QED) is 0.171. The van der Waals surface area contributed by atoms with Crippen LogP contribution in [0.4, 0.5) is 0 Å². The highest BCUT2D eigenvalue weighted by molar-refractivity contribution is 7.91. The van der Waals surface area contributed by atoms with Gasteiger partial charge in [0.05, 0.1) is 10.8 Å². The summed E-state index contributed by atoms with van der Waals surface area (Å²) >= 11 is 0. The highest BCUT2D eigenvalue weighted by Gasteiger charge is 2.85. The van der Waals surface area contributed by atoms with Crippen LogP contribution in [0.2, 0.25) is 0 Å². The Morgan fingerprint density at radius 1 is 0.783 bits per heavy atom. The molecule has 7 rings (SSSR count). The van der Waals surface area contributed by atoms with E-state index >= 15 is 4.79 Å². The molecule has 0 radical (unpaired) electrons. The van der Waals surface area contributed by atoms with Crippen molar-refractivity contribution in [1.29, 1.82) is 0 Å². The number of hydrogen-bond acceptors (Lipinski definition) is 8. The van der Waals surface area contributed by atoms with Gasteiger partial charge in [-0.3, -0.25) is 33.6 Å². The molecule has 0 aromatic carbocycles. The average molecular weight is 857 g/mol. The number of amides is 5. The minimum atomic E-state index is -3.96. The lowest BCUT2D eigenvalue weighted by Gasteiger charge is -2.39. The summed E-state index contributed by atoms with van der Waals surface area (Å²) in [6.07, 6.45) is 14.1. The molecule has 7 fully saturated rings. The zero-order chi connectivity index (χ0) is 43.7. The Morgan fingerprint density at radius 3 is 1.98 bits per heavy atom. The molecule has 338 valence electrons. The summed E-state index contributed by atoms with van der Waals surface area (Å²) in [6, 6.07) is -2.99. The summed E-state index contributed by atoms with van der Waals surface area (Å²) in [7, 11) is -3.96. The lowest BCUT2D eigenvalue weighted by atomic mass is 9.73. The fourth-order valence-corrected chi connectivity index (χ4v) is 14.8.